The minimum atomic E-state index is -0.538. The number of carbonyl (C=O) groups excluding carboxylic acids is 1. The highest BCUT2D eigenvalue weighted by molar-refractivity contribution is 6.06. The van der Waals surface area contributed by atoms with Crippen LogP contribution in [0.15, 0.2) is 48.5 Å². The number of nitro groups is 1. The molecule has 0 bridgehead atoms. The first-order chi connectivity index (χ1) is 9.97. The summed E-state index contributed by atoms with van der Waals surface area (Å²) in [4.78, 5) is 21.9. The molecule has 0 unspecified atom stereocenters. The Labute approximate surface area is 119 Å². The molecule has 2 rings (SSSR count). The smallest absolute Gasteiger partial charge is 0.269 e. The summed E-state index contributed by atoms with van der Waals surface area (Å²) in [6.07, 6.45) is 2.76. The Hall–Kier alpha value is -3.15. The summed E-state index contributed by atoms with van der Waals surface area (Å²) in [5.74, 6) is -0.841. The monoisotopic (exact) mass is 285 g/mol. The predicted molar refractivity (Wildman–Crippen MR) is 76.2 cm³/mol. The summed E-state index contributed by atoms with van der Waals surface area (Å²) in [7, 11) is 0. The third-order valence-electron chi connectivity index (χ3n) is 2.79. The Bertz CT molecular complexity index is 719. The van der Waals surface area contributed by atoms with Crippen molar-refractivity contribution in [2.24, 2.45) is 0 Å². The Kier molecular flexibility index (Phi) is 3.99. The molecule has 0 aromatic heterocycles. The lowest BCUT2D eigenvalue weighted by Crippen LogP contribution is -1.95. The normalized spacial score (nSPS) is 10.7. The van der Waals surface area contributed by atoms with Crippen molar-refractivity contribution < 1.29 is 19.9 Å². The molecule has 2 aromatic carbocycles. The highest BCUT2D eigenvalue weighted by Crippen LogP contribution is 2.25. The van der Waals surface area contributed by atoms with Gasteiger partial charge in [0.05, 0.1) is 4.92 Å². The zero-order valence-electron chi connectivity index (χ0n) is 10.8. The lowest BCUT2D eigenvalue weighted by atomic mass is 10.1. The maximum Gasteiger partial charge on any atom is 0.269 e. The standard InChI is InChI=1S/C15H11NO5/c17-13(11-3-5-12(6-4-11)16(20)21)7-1-10-2-8-14(18)15(19)9-10/h1-9,18-19H/b7-1+. The highest BCUT2D eigenvalue weighted by atomic mass is 16.6. The first-order valence-electron chi connectivity index (χ1n) is 5.96. The quantitative estimate of drug-likeness (QED) is 0.296. The molecule has 0 radical (unpaired) electrons. The molecule has 0 aliphatic rings. The number of phenols is 2. The number of phenolic OH excluding ortho intramolecular Hbond substituents is 2. The number of nitrogens with zero attached hydrogens (tertiary/aromatic N) is 1. The maximum atomic E-state index is 11.9. The molecule has 106 valence electrons. The van der Waals surface area contributed by atoms with E-state index in [1.54, 1.807) is 0 Å². The van der Waals surface area contributed by atoms with Crippen LogP contribution >= 0.6 is 0 Å². The van der Waals surface area contributed by atoms with Crippen LogP contribution in [0.25, 0.3) is 6.08 Å². The molecule has 0 fully saturated rings. The summed E-state index contributed by atoms with van der Waals surface area (Å²) >= 11 is 0. The average Bonchev–Trinajstić information content (AvgIpc) is 2.48. The highest BCUT2D eigenvalue weighted by Gasteiger charge is 2.07. The molecule has 0 spiro atoms. The second-order valence-electron chi connectivity index (χ2n) is 4.25. The van der Waals surface area contributed by atoms with E-state index in [1.165, 1.54) is 54.6 Å². The van der Waals surface area contributed by atoms with Crippen LogP contribution in [0.3, 0.4) is 0 Å². The minimum absolute atomic E-state index is 0.0843. The van der Waals surface area contributed by atoms with Gasteiger partial charge in [0.2, 0.25) is 0 Å². The molecular weight excluding hydrogens is 274 g/mol. The summed E-state index contributed by atoms with van der Waals surface area (Å²) < 4.78 is 0. The Morgan fingerprint density at radius 3 is 2.29 bits per heavy atom. The van der Waals surface area contributed by atoms with Crippen LogP contribution in [0.4, 0.5) is 5.69 Å². The van der Waals surface area contributed by atoms with Gasteiger partial charge in [-0.2, -0.15) is 0 Å². The van der Waals surface area contributed by atoms with E-state index in [4.69, 9.17) is 0 Å². The third kappa shape index (κ3) is 3.44. The van der Waals surface area contributed by atoms with Gasteiger partial charge in [0.25, 0.3) is 5.69 Å². The number of non-ortho nitro benzene ring substituents is 1. The van der Waals surface area contributed by atoms with Gasteiger partial charge in [-0.25, -0.2) is 0 Å². The Balaban J connectivity index is 2.14. The molecule has 2 aromatic rings. The van der Waals surface area contributed by atoms with Gasteiger partial charge >= 0.3 is 0 Å². The first-order valence-corrected chi connectivity index (χ1v) is 5.96. The van der Waals surface area contributed by atoms with Gasteiger partial charge in [0.15, 0.2) is 17.3 Å². The van der Waals surface area contributed by atoms with Crippen molar-refractivity contribution in [3.8, 4) is 11.5 Å². The Morgan fingerprint density at radius 1 is 1.05 bits per heavy atom. The van der Waals surface area contributed by atoms with Gasteiger partial charge < -0.3 is 10.2 Å². The van der Waals surface area contributed by atoms with Crippen molar-refractivity contribution in [1.82, 2.24) is 0 Å². The molecule has 2 N–H and O–H groups in total. The second-order valence-corrected chi connectivity index (χ2v) is 4.25. The number of ketones is 1. The fraction of sp³-hybridized carbons (Fsp3) is 0. The summed E-state index contributed by atoms with van der Waals surface area (Å²) in [6, 6.07) is 9.42. The van der Waals surface area contributed by atoms with Crippen molar-refractivity contribution in [1.29, 1.82) is 0 Å². The maximum absolute atomic E-state index is 11.9. The fourth-order valence-corrected chi connectivity index (χ4v) is 1.66. The molecule has 6 heteroatoms. The number of hydrogen-bond donors (Lipinski definition) is 2. The van der Waals surface area contributed by atoms with Crippen LogP contribution in [0, 0.1) is 10.1 Å². The largest absolute Gasteiger partial charge is 0.504 e. The van der Waals surface area contributed by atoms with Crippen molar-refractivity contribution in [2.75, 3.05) is 0 Å². The van der Waals surface area contributed by atoms with Gasteiger partial charge in [-0.3, -0.25) is 14.9 Å². The van der Waals surface area contributed by atoms with E-state index in [0.29, 0.717) is 11.1 Å². The molecule has 6 nitrogen and oxygen atoms in total. The van der Waals surface area contributed by atoms with Crippen LogP contribution in [-0.2, 0) is 0 Å². The van der Waals surface area contributed by atoms with Crippen LogP contribution in [0.2, 0.25) is 0 Å². The number of aromatic hydroxyl groups is 2. The number of benzene rings is 2. The topological polar surface area (TPSA) is 101 Å². The zero-order valence-corrected chi connectivity index (χ0v) is 10.8. The lowest BCUT2D eigenvalue weighted by molar-refractivity contribution is -0.384. The van der Waals surface area contributed by atoms with E-state index in [1.807, 2.05) is 0 Å². The van der Waals surface area contributed by atoms with E-state index in [9.17, 15) is 25.1 Å². The van der Waals surface area contributed by atoms with Crippen LogP contribution in [0.5, 0.6) is 11.5 Å². The van der Waals surface area contributed by atoms with E-state index >= 15 is 0 Å². The molecular formula is C15H11NO5. The molecule has 21 heavy (non-hydrogen) atoms. The molecule has 0 saturated carbocycles. The summed E-state index contributed by atoms with van der Waals surface area (Å²) in [5, 5.41) is 29.0. The van der Waals surface area contributed by atoms with Gasteiger partial charge in [-0.1, -0.05) is 12.1 Å². The van der Waals surface area contributed by atoms with Crippen LogP contribution in [-0.4, -0.2) is 20.9 Å². The number of hydrogen-bond acceptors (Lipinski definition) is 5. The van der Waals surface area contributed by atoms with E-state index in [0.717, 1.165) is 0 Å². The molecule has 0 atom stereocenters. The molecule has 0 amide bonds. The van der Waals surface area contributed by atoms with Crippen LogP contribution in [0.1, 0.15) is 15.9 Å². The van der Waals surface area contributed by atoms with E-state index < -0.39 is 4.92 Å². The predicted octanol–water partition coefficient (Wildman–Crippen LogP) is 2.90. The Morgan fingerprint density at radius 2 is 1.71 bits per heavy atom. The van der Waals surface area contributed by atoms with Crippen molar-refractivity contribution >= 4 is 17.5 Å². The SMILES string of the molecule is O=C(/C=C/c1ccc(O)c(O)c1)c1ccc([N+](=O)[O-])cc1. The third-order valence-corrected chi connectivity index (χ3v) is 2.79. The summed E-state index contributed by atoms with van der Waals surface area (Å²) in [5.41, 5.74) is 0.777. The number of allylic oxidation sites excluding steroid dienone is 1. The van der Waals surface area contributed by atoms with Crippen LogP contribution < -0.4 is 0 Å². The number of rotatable bonds is 4. The minimum Gasteiger partial charge on any atom is -0.504 e. The van der Waals surface area contributed by atoms with Gasteiger partial charge in [0, 0.05) is 17.7 Å². The van der Waals surface area contributed by atoms with E-state index in [2.05, 4.69) is 0 Å². The van der Waals surface area contributed by atoms with Crippen molar-refractivity contribution in [2.45, 2.75) is 0 Å². The van der Waals surface area contributed by atoms with Gasteiger partial charge in [-0.15, -0.1) is 0 Å². The second kappa shape index (κ2) is 5.87. The summed E-state index contributed by atoms with van der Waals surface area (Å²) in [6.45, 7) is 0. The molecule has 0 heterocycles. The van der Waals surface area contributed by atoms with Gasteiger partial charge in [-0.05, 0) is 35.9 Å². The number of nitro benzene ring substituents is 1. The lowest BCUT2D eigenvalue weighted by Gasteiger charge is -1.99. The van der Waals surface area contributed by atoms with Crippen molar-refractivity contribution in [3.63, 3.8) is 0 Å². The molecule has 0 aliphatic heterocycles. The fourth-order valence-electron chi connectivity index (χ4n) is 1.66. The first kappa shape index (κ1) is 14.3. The molecule has 0 saturated heterocycles. The average molecular weight is 285 g/mol. The van der Waals surface area contributed by atoms with Crippen molar-refractivity contribution in [3.05, 3.63) is 69.8 Å². The number of carbonyl (C=O) groups is 1. The molecule has 0 aliphatic carbocycles. The van der Waals surface area contributed by atoms with E-state index in [-0.39, 0.29) is 23.0 Å². The van der Waals surface area contributed by atoms with Gasteiger partial charge in [0.1, 0.15) is 0 Å². The zero-order chi connectivity index (χ0) is 15.4.